The van der Waals surface area contributed by atoms with Gasteiger partial charge in [-0.25, -0.2) is 0 Å². The van der Waals surface area contributed by atoms with Crippen LogP contribution in [0.4, 0.5) is 5.69 Å². The first-order chi connectivity index (χ1) is 11.5. The van der Waals surface area contributed by atoms with Gasteiger partial charge in [-0.05, 0) is 18.6 Å². The summed E-state index contributed by atoms with van der Waals surface area (Å²) in [6.45, 7) is 3.78. The molecule has 5 nitrogen and oxygen atoms in total. The number of para-hydroxylation sites is 1. The van der Waals surface area contributed by atoms with Crippen LogP contribution < -0.4 is 4.90 Å². The van der Waals surface area contributed by atoms with Gasteiger partial charge in [-0.1, -0.05) is 42.0 Å². The molecule has 0 radical (unpaired) electrons. The predicted molar refractivity (Wildman–Crippen MR) is 88.9 cm³/mol. The van der Waals surface area contributed by atoms with Crippen LogP contribution in [0, 0.1) is 11.8 Å². The van der Waals surface area contributed by atoms with E-state index in [4.69, 9.17) is 16.3 Å². The molecule has 1 spiro atoms. The summed E-state index contributed by atoms with van der Waals surface area (Å²) < 4.78 is 6.04. The second-order valence-electron chi connectivity index (χ2n) is 6.34. The zero-order chi connectivity index (χ0) is 17.1. The summed E-state index contributed by atoms with van der Waals surface area (Å²) in [6.07, 6.45) is 5.26. The molecule has 1 aromatic carbocycles. The summed E-state index contributed by atoms with van der Waals surface area (Å²) in [7, 11) is 0. The SMILES string of the molecule is C=CC[C@H]1N(c2ccccc2Cl)C(=O)[C@@H]2[C@@H](C(=O)O)[C@H]3C=C[C@]21O3. The van der Waals surface area contributed by atoms with E-state index in [0.29, 0.717) is 17.1 Å². The summed E-state index contributed by atoms with van der Waals surface area (Å²) >= 11 is 6.29. The molecule has 2 saturated heterocycles. The lowest BCUT2D eigenvalue weighted by Gasteiger charge is -2.32. The number of hydrogen-bond donors (Lipinski definition) is 1. The molecule has 4 rings (SSSR count). The Morgan fingerprint density at radius 1 is 1.46 bits per heavy atom. The van der Waals surface area contributed by atoms with E-state index in [0.717, 1.165) is 0 Å². The van der Waals surface area contributed by atoms with E-state index in [1.54, 1.807) is 41.3 Å². The fourth-order valence-electron chi connectivity index (χ4n) is 4.31. The number of ether oxygens (including phenoxy) is 1. The van der Waals surface area contributed by atoms with Gasteiger partial charge < -0.3 is 14.7 Å². The van der Waals surface area contributed by atoms with Crippen molar-refractivity contribution in [2.45, 2.75) is 24.2 Å². The summed E-state index contributed by atoms with van der Waals surface area (Å²) in [6, 6.07) is 6.70. The maximum Gasteiger partial charge on any atom is 0.310 e. The quantitative estimate of drug-likeness (QED) is 0.852. The third kappa shape index (κ3) is 1.79. The standard InChI is InChI=1S/C18H16ClNO4/c1-2-5-13-18-9-8-12(24-18)14(17(22)23)15(18)16(21)20(13)11-7-4-3-6-10(11)19/h2-4,6-9,12-15H,1,5H2,(H,22,23)/t12-,13-,14+,15+,18-/m1/s1. The van der Waals surface area contributed by atoms with Gasteiger partial charge >= 0.3 is 5.97 Å². The number of nitrogens with zero attached hydrogens (tertiary/aromatic N) is 1. The predicted octanol–water partition coefficient (Wildman–Crippen LogP) is 2.66. The minimum Gasteiger partial charge on any atom is -0.481 e. The number of carboxylic acid groups (broad SMARTS) is 1. The lowest BCUT2D eigenvalue weighted by molar-refractivity contribution is -0.146. The molecule has 3 heterocycles. The number of rotatable bonds is 4. The molecule has 1 N–H and O–H groups in total. The summed E-state index contributed by atoms with van der Waals surface area (Å²) in [5.41, 5.74) is -0.359. The third-order valence-corrected chi connectivity index (χ3v) is 5.53. The molecule has 2 bridgehead atoms. The van der Waals surface area contributed by atoms with Crippen LogP contribution in [-0.4, -0.2) is 34.7 Å². The largest absolute Gasteiger partial charge is 0.481 e. The van der Waals surface area contributed by atoms with E-state index in [1.807, 2.05) is 6.08 Å². The molecule has 5 atom stereocenters. The highest BCUT2D eigenvalue weighted by Gasteiger charge is 2.71. The van der Waals surface area contributed by atoms with Gasteiger partial charge in [-0.15, -0.1) is 6.58 Å². The van der Waals surface area contributed by atoms with E-state index >= 15 is 0 Å². The van der Waals surface area contributed by atoms with Crippen LogP contribution in [0.1, 0.15) is 6.42 Å². The molecular weight excluding hydrogens is 330 g/mol. The monoisotopic (exact) mass is 345 g/mol. The zero-order valence-corrected chi connectivity index (χ0v) is 13.5. The first-order valence-electron chi connectivity index (χ1n) is 7.79. The number of benzene rings is 1. The molecule has 1 aromatic rings. The smallest absolute Gasteiger partial charge is 0.310 e. The molecule has 0 unspecified atom stereocenters. The van der Waals surface area contributed by atoms with Crippen LogP contribution in [0.2, 0.25) is 5.02 Å². The van der Waals surface area contributed by atoms with Crippen molar-refractivity contribution in [2.24, 2.45) is 11.8 Å². The topological polar surface area (TPSA) is 66.8 Å². The molecule has 24 heavy (non-hydrogen) atoms. The second kappa shape index (κ2) is 5.19. The minimum atomic E-state index is -1.01. The van der Waals surface area contributed by atoms with Gasteiger partial charge in [0, 0.05) is 0 Å². The van der Waals surface area contributed by atoms with Gasteiger partial charge in [-0.3, -0.25) is 9.59 Å². The van der Waals surface area contributed by atoms with Crippen molar-refractivity contribution >= 4 is 29.2 Å². The Morgan fingerprint density at radius 3 is 2.88 bits per heavy atom. The van der Waals surface area contributed by atoms with Crippen LogP contribution >= 0.6 is 11.6 Å². The van der Waals surface area contributed by atoms with Crippen molar-refractivity contribution < 1.29 is 19.4 Å². The Kier molecular flexibility index (Phi) is 3.34. The Hall–Kier alpha value is -2.11. The van der Waals surface area contributed by atoms with Crippen LogP contribution in [0.5, 0.6) is 0 Å². The van der Waals surface area contributed by atoms with Gasteiger partial charge in [0.15, 0.2) is 0 Å². The van der Waals surface area contributed by atoms with Crippen molar-refractivity contribution in [3.8, 4) is 0 Å². The first-order valence-corrected chi connectivity index (χ1v) is 8.17. The average Bonchev–Trinajstić information content (AvgIpc) is 3.18. The number of carbonyl (C=O) groups is 2. The van der Waals surface area contributed by atoms with Crippen LogP contribution in [0.25, 0.3) is 0 Å². The van der Waals surface area contributed by atoms with E-state index in [9.17, 15) is 14.7 Å². The molecule has 6 heteroatoms. The van der Waals surface area contributed by atoms with Crippen LogP contribution in [0.15, 0.2) is 49.1 Å². The molecule has 3 aliphatic heterocycles. The van der Waals surface area contributed by atoms with E-state index in [2.05, 4.69) is 6.58 Å². The Bertz CT molecular complexity index is 776. The maximum absolute atomic E-state index is 13.2. The van der Waals surface area contributed by atoms with Crippen molar-refractivity contribution in [2.75, 3.05) is 4.90 Å². The van der Waals surface area contributed by atoms with Crippen molar-refractivity contribution in [3.05, 3.63) is 54.1 Å². The Labute approximate surface area is 144 Å². The first kappa shape index (κ1) is 15.4. The molecule has 1 amide bonds. The summed E-state index contributed by atoms with van der Waals surface area (Å²) in [5.74, 6) is -2.88. The number of anilines is 1. The van der Waals surface area contributed by atoms with Crippen molar-refractivity contribution in [3.63, 3.8) is 0 Å². The molecule has 0 aliphatic carbocycles. The minimum absolute atomic E-state index is 0.255. The van der Waals surface area contributed by atoms with Gasteiger partial charge in [0.1, 0.15) is 11.5 Å². The number of aliphatic carboxylic acids is 1. The third-order valence-electron chi connectivity index (χ3n) is 5.21. The maximum atomic E-state index is 13.2. The molecular formula is C18H16ClNO4. The van der Waals surface area contributed by atoms with Crippen LogP contribution in [0.3, 0.4) is 0 Å². The van der Waals surface area contributed by atoms with Crippen molar-refractivity contribution in [1.82, 2.24) is 0 Å². The van der Waals surface area contributed by atoms with Gasteiger partial charge in [0.2, 0.25) is 5.91 Å². The summed E-state index contributed by atoms with van der Waals surface area (Å²) in [4.78, 5) is 26.5. The van der Waals surface area contributed by atoms with Gasteiger partial charge in [0.05, 0.1) is 28.8 Å². The van der Waals surface area contributed by atoms with Crippen LogP contribution in [-0.2, 0) is 14.3 Å². The highest BCUT2D eigenvalue weighted by molar-refractivity contribution is 6.34. The number of amides is 1. The normalized spacial score (nSPS) is 36.2. The number of hydrogen-bond acceptors (Lipinski definition) is 3. The molecule has 124 valence electrons. The lowest BCUT2D eigenvalue weighted by Crippen LogP contribution is -2.45. The number of carbonyl (C=O) groups excluding carboxylic acids is 1. The Morgan fingerprint density at radius 2 is 2.21 bits per heavy atom. The molecule has 0 aromatic heterocycles. The fraction of sp³-hybridized carbons (Fsp3) is 0.333. The molecule has 0 saturated carbocycles. The number of halogens is 1. The number of fused-ring (bicyclic) bond motifs is 1. The second-order valence-corrected chi connectivity index (χ2v) is 6.74. The molecule has 2 fully saturated rings. The highest BCUT2D eigenvalue weighted by atomic mass is 35.5. The average molecular weight is 346 g/mol. The van der Waals surface area contributed by atoms with E-state index in [-0.39, 0.29) is 11.9 Å². The van der Waals surface area contributed by atoms with Crippen molar-refractivity contribution in [1.29, 1.82) is 0 Å². The zero-order valence-electron chi connectivity index (χ0n) is 12.8. The van der Waals surface area contributed by atoms with E-state index in [1.165, 1.54) is 0 Å². The fourth-order valence-corrected chi connectivity index (χ4v) is 4.54. The number of carboxylic acids is 1. The van der Waals surface area contributed by atoms with E-state index < -0.39 is 29.5 Å². The Balaban J connectivity index is 1.87. The lowest BCUT2D eigenvalue weighted by atomic mass is 9.74. The highest BCUT2D eigenvalue weighted by Crippen LogP contribution is 2.56. The molecule has 3 aliphatic rings. The van der Waals surface area contributed by atoms with Gasteiger partial charge in [-0.2, -0.15) is 0 Å². The van der Waals surface area contributed by atoms with Gasteiger partial charge in [0.25, 0.3) is 0 Å². The summed E-state index contributed by atoms with van der Waals surface area (Å²) in [5, 5.41) is 10.0.